The Kier molecular flexibility index (Phi) is 1.51. The SMILES string of the molecule is CC12CS(=O)C3(C(=O)O)CC1CCC23C. The molecule has 4 heteroatoms. The Morgan fingerprint density at radius 1 is 1.47 bits per heavy atom. The number of rotatable bonds is 1. The first kappa shape index (κ1) is 9.82. The third kappa shape index (κ3) is 0.690. The van der Waals surface area contributed by atoms with E-state index in [0.29, 0.717) is 18.1 Å². The molecule has 1 heterocycles. The molecular weight excluding hydrogens is 212 g/mol. The lowest BCUT2D eigenvalue weighted by atomic mass is 9.66. The molecule has 0 aromatic carbocycles. The summed E-state index contributed by atoms with van der Waals surface area (Å²) in [5.41, 5.74) is -0.225. The van der Waals surface area contributed by atoms with Crippen LogP contribution in [0.3, 0.4) is 0 Å². The highest BCUT2D eigenvalue weighted by Gasteiger charge is 2.80. The molecule has 84 valence electrons. The monoisotopic (exact) mass is 228 g/mol. The summed E-state index contributed by atoms with van der Waals surface area (Å²) >= 11 is 0. The van der Waals surface area contributed by atoms with Crippen LogP contribution >= 0.6 is 0 Å². The van der Waals surface area contributed by atoms with Crippen molar-refractivity contribution in [2.45, 2.75) is 37.9 Å². The van der Waals surface area contributed by atoms with E-state index in [-0.39, 0.29) is 10.8 Å². The average molecular weight is 228 g/mol. The second-order valence-corrected chi connectivity index (χ2v) is 7.49. The van der Waals surface area contributed by atoms with Crippen LogP contribution in [-0.2, 0) is 15.6 Å². The molecule has 15 heavy (non-hydrogen) atoms. The molecule has 5 unspecified atom stereocenters. The molecule has 1 aliphatic heterocycles. The molecule has 3 nitrogen and oxygen atoms in total. The molecule has 0 aromatic rings. The van der Waals surface area contributed by atoms with E-state index in [0.717, 1.165) is 12.8 Å². The Labute approximate surface area is 91.7 Å². The molecule has 2 saturated carbocycles. The van der Waals surface area contributed by atoms with Crippen molar-refractivity contribution in [3.8, 4) is 0 Å². The summed E-state index contributed by atoms with van der Waals surface area (Å²) in [7, 11) is -1.18. The van der Waals surface area contributed by atoms with E-state index in [1.165, 1.54) is 0 Å². The van der Waals surface area contributed by atoms with Gasteiger partial charge in [0.05, 0.1) is 0 Å². The predicted octanol–water partition coefficient (Wildman–Crippen LogP) is 1.40. The first-order valence-electron chi connectivity index (χ1n) is 5.50. The summed E-state index contributed by atoms with van der Waals surface area (Å²) in [5, 5.41) is 9.47. The normalized spacial score (nSPS) is 61.2. The van der Waals surface area contributed by atoms with Crippen LogP contribution in [0.4, 0.5) is 0 Å². The fourth-order valence-electron chi connectivity index (χ4n) is 4.52. The van der Waals surface area contributed by atoms with Gasteiger partial charge in [-0.2, -0.15) is 0 Å². The van der Waals surface area contributed by atoms with Gasteiger partial charge in [0, 0.05) is 22.0 Å². The molecule has 0 radical (unpaired) electrons. The molecule has 3 rings (SSSR count). The molecule has 2 aliphatic carbocycles. The Bertz CT molecular complexity index is 393. The third-order valence-electron chi connectivity index (χ3n) is 5.74. The Morgan fingerprint density at radius 3 is 2.60 bits per heavy atom. The predicted molar refractivity (Wildman–Crippen MR) is 56.9 cm³/mol. The molecule has 3 aliphatic rings. The molecule has 1 saturated heterocycles. The van der Waals surface area contributed by atoms with E-state index in [2.05, 4.69) is 13.8 Å². The Morgan fingerprint density at radius 2 is 2.13 bits per heavy atom. The maximum absolute atomic E-state index is 12.1. The van der Waals surface area contributed by atoms with Crippen molar-refractivity contribution < 1.29 is 14.1 Å². The fourth-order valence-corrected chi connectivity index (χ4v) is 7.28. The van der Waals surface area contributed by atoms with Crippen LogP contribution in [0.1, 0.15) is 33.1 Å². The van der Waals surface area contributed by atoms with Crippen molar-refractivity contribution in [3.63, 3.8) is 0 Å². The van der Waals surface area contributed by atoms with E-state index in [1.54, 1.807) is 0 Å². The van der Waals surface area contributed by atoms with Crippen LogP contribution in [0.5, 0.6) is 0 Å². The highest BCUT2D eigenvalue weighted by Crippen LogP contribution is 2.76. The minimum Gasteiger partial charge on any atom is -0.480 e. The zero-order valence-electron chi connectivity index (χ0n) is 9.08. The van der Waals surface area contributed by atoms with Crippen LogP contribution in [0, 0.1) is 16.7 Å². The maximum atomic E-state index is 12.1. The van der Waals surface area contributed by atoms with Crippen molar-refractivity contribution in [2.24, 2.45) is 16.7 Å². The summed E-state index contributed by atoms with van der Waals surface area (Å²) in [4.78, 5) is 11.5. The standard InChI is InChI=1S/C11H16O3S/c1-9-6-15(14)11(8(12)13)5-7(9)3-4-10(9,11)2/h7H,3-6H2,1-2H3,(H,12,13). The average Bonchev–Trinajstić information content (AvgIpc) is 2.55. The Hall–Kier alpha value is -0.380. The van der Waals surface area contributed by atoms with Crippen LogP contribution in [-0.4, -0.2) is 25.8 Å². The lowest BCUT2D eigenvalue weighted by molar-refractivity contribution is -0.143. The lowest BCUT2D eigenvalue weighted by Crippen LogP contribution is -2.51. The fraction of sp³-hybridized carbons (Fsp3) is 0.909. The first-order chi connectivity index (χ1) is 6.88. The zero-order chi connectivity index (χ0) is 11.1. The topological polar surface area (TPSA) is 54.4 Å². The Balaban J connectivity index is 2.26. The molecule has 1 N–H and O–H groups in total. The zero-order valence-corrected chi connectivity index (χ0v) is 9.89. The summed E-state index contributed by atoms with van der Waals surface area (Å²) in [6.45, 7) is 4.21. The molecule has 0 aromatic heterocycles. The van der Waals surface area contributed by atoms with Gasteiger partial charge in [0.15, 0.2) is 0 Å². The van der Waals surface area contributed by atoms with Crippen molar-refractivity contribution in [3.05, 3.63) is 0 Å². The van der Waals surface area contributed by atoms with Crippen molar-refractivity contribution in [2.75, 3.05) is 5.75 Å². The van der Waals surface area contributed by atoms with Crippen molar-refractivity contribution in [1.29, 1.82) is 0 Å². The molecule has 5 atom stereocenters. The van der Waals surface area contributed by atoms with Gasteiger partial charge in [0.25, 0.3) is 0 Å². The van der Waals surface area contributed by atoms with Crippen LogP contribution in [0.15, 0.2) is 0 Å². The molecule has 4 bridgehead atoms. The first-order valence-corrected chi connectivity index (χ1v) is 6.82. The van der Waals surface area contributed by atoms with E-state index in [1.807, 2.05) is 0 Å². The number of carbonyl (C=O) groups is 1. The highest BCUT2D eigenvalue weighted by atomic mass is 32.2. The quantitative estimate of drug-likeness (QED) is 0.738. The van der Waals surface area contributed by atoms with Gasteiger partial charge in [-0.3, -0.25) is 9.00 Å². The third-order valence-corrected chi connectivity index (χ3v) is 8.18. The van der Waals surface area contributed by atoms with Crippen LogP contribution in [0.25, 0.3) is 0 Å². The molecule has 3 fully saturated rings. The van der Waals surface area contributed by atoms with E-state index >= 15 is 0 Å². The molecular formula is C11H16O3S. The number of aliphatic carboxylic acids is 1. The number of hydrogen-bond donors (Lipinski definition) is 1. The number of hydrogen-bond acceptors (Lipinski definition) is 2. The minimum atomic E-state index is -1.18. The van der Waals surface area contributed by atoms with Gasteiger partial charge in [-0.15, -0.1) is 0 Å². The number of carboxylic acids is 1. The van der Waals surface area contributed by atoms with Crippen LogP contribution in [0.2, 0.25) is 0 Å². The van der Waals surface area contributed by atoms with Gasteiger partial charge < -0.3 is 5.11 Å². The smallest absolute Gasteiger partial charge is 0.323 e. The van der Waals surface area contributed by atoms with Gasteiger partial charge in [0.1, 0.15) is 4.75 Å². The van der Waals surface area contributed by atoms with Crippen molar-refractivity contribution >= 4 is 16.8 Å². The summed E-state index contributed by atoms with van der Waals surface area (Å²) in [6, 6.07) is 0. The minimum absolute atomic E-state index is 0.0102. The summed E-state index contributed by atoms with van der Waals surface area (Å²) < 4.78 is 11.2. The lowest BCUT2D eigenvalue weighted by Gasteiger charge is -2.37. The van der Waals surface area contributed by atoms with E-state index < -0.39 is 21.5 Å². The van der Waals surface area contributed by atoms with Crippen molar-refractivity contribution in [1.82, 2.24) is 0 Å². The van der Waals surface area contributed by atoms with Gasteiger partial charge in [0.2, 0.25) is 0 Å². The molecule has 0 spiro atoms. The second kappa shape index (κ2) is 2.31. The van der Waals surface area contributed by atoms with E-state index in [9.17, 15) is 14.1 Å². The summed E-state index contributed by atoms with van der Waals surface area (Å²) in [6.07, 6.45) is 2.70. The highest BCUT2D eigenvalue weighted by molar-refractivity contribution is 7.87. The second-order valence-electron chi connectivity index (χ2n) is 5.81. The van der Waals surface area contributed by atoms with Gasteiger partial charge in [-0.05, 0) is 30.6 Å². The maximum Gasteiger partial charge on any atom is 0.323 e. The molecule has 0 amide bonds. The largest absolute Gasteiger partial charge is 0.480 e. The number of carboxylic acid groups (broad SMARTS) is 1. The summed E-state index contributed by atoms with van der Waals surface area (Å²) in [5.74, 6) is 0.256. The van der Waals surface area contributed by atoms with Gasteiger partial charge in [-0.25, -0.2) is 0 Å². The van der Waals surface area contributed by atoms with Crippen LogP contribution < -0.4 is 0 Å². The van der Waals surface area contributed by atoms with Gasteiger partial charge >= 0.3 is 5.97 Å². The van der Waals surface area contributed by atoms with E-state index in [4.69, 9.17) is 0 Å². The van der Waals surface area contributed by atoms with Gasteiger partial charge in [-0.1, -0.05) is 13.8 Å².